The van der Waals surface area contributed by atoms with Crippen molar-refractivity contribution < 1.29 is 15.0 Å². The zero-order valence-corrected chi connectivity index (χ0v) is 9.63. The van der Waals surface area contributed by atoms with Crippen molar-refractivity contribution in [2.75, 3.05) is 13.6 Å². The van der Waals surface area contributed by atoms with Crippen molar-refractivity contribution in [3.63, 3.8) is 0 Å². The molecule has 1 aromatic carbocycles. The summed E-state index contributed by atoms with van der Waals surface area (Å²) in [6.45, 7) is 0.631. The second kappa shape index (κ2) is 6.93. The van der Waals surface area contributed by atoms with E-state index in [1.165, 1.54) is 6.08 Å². The molecule has 5 nitrogen and oxygen atoms in total. The molecule has 17 heavy (non-hydrogen) atoms. The second-order valence-corrected chi connectivity index (χ2v) is 3.70. The van der Waals surface area contributed by atoms with Crippen LogP contribution in [0.2, 0.25) is 0 Å². The molecule has 0 aromatic heterocycles. The molecule has 0 spiro atoms. The van der Waals surface area contributed by atoms with Gasteiger partial charge in [0, 0.05) is 0 Å². The highest BCUT2D eigenvalue weighted by atomic mass is 16.3. The number of benzene rings is 1. The van der Waals surface area contributed by atoms with E-state index in [1.54, 1.807) is 31.3 Å². The first-order chi connectivity index (χ1) is 8.19. The number of isocyanates is 1. The van der Waals surface area contributed by atoms with Gasteiger partial charge in [-0.3, -0.25) is 0 Å². The van der Waals surface area contributed by atoms with Crippen molar-refractivity contribution in [1.29, 1.82) is 0 Å². The van der Waals surface area contributed by atoms with Crippen LogP contribution in [0, 0.1) is 0 Å². The van der Waals surface area contributed by atoms with Crippen molar-refractivity contribution in [3.05, 3.63) is 29.8 Å². The lowest BCUT2D eigenvalue weighted by Gasteiger charge is -2.17. The summed E-state index contributed by atoms with van der Waals surface area (Å²) in [6.07, 6.45) is 0.153. The predicted octanol–water partition coefficient (Wildman–Crippen LogP) is 0.658. The minimum absolute atomic E-state index is 0.464. The third-order valence-corrected chi connectivity index (χ3v) is 2.46. The van der Waals surface area contributed by atoms with Gasteiger partial charge in [-0.25, -0.2) is 4.79 Å². The lowest BCUT2D eigenvalue weighted by molar-refractivity contribution is 0.0140. The van der Waals surface area contributed by atoms with Gasteiger partial charge >= 0.3 is 0 Å². The van der Waals surface area contributed by atoms with Crippen LogP contribution < -0.4 is 5.32 Å². The van der Waals surface area contributed by atoms with E-state index >= 15 is 0 Å². The van der Waals surface area contributed by atoms with E-state index in [9.17, 15) is 15.0 Å². The molecule has 1 rings (SSSR count). The maximum atomic E-state index is 10.0. The fourth-order valence-corrected chi connectivity index (χ4v) is 1.47. The maximum Gasteiger partial charge on any atom is 0.240 e. The molecule has 2 unspecified atom stereocenters. The Bertz CT molecular complexity index is 385. The molecule has 0 saturated heterocycles. The highest BCUT2D eigenvalue weighted by Crippen LogP contribution is 2.21. The van der Waals surface area contributed by atoms with Gasteiger partial charge in [-0.05, 0) is 37.7 Å². The van der Waals surface area contributed by atoms with Gasteiger partial charge in [0.05, 0.1) is 11.8 Å². The Hall–Kier alpha value is -1.52. The summed E-state index contributed by atoms with van der Waals surface area (Å²) in [5.41, 5.74) is 1.07. The van der Waals surface area contributed by atoms with E-state index in [2.05, 4.69) is 10.3 Å². The lowest BCUT2D eigenvalue weighted by atomic mass is 10.0. The Labute approximate surface area is 99.8 Å². The smallest absolute Gasteiger partial charge is 0.240 e. The highest BCUT2D eigenvalue weighted by Gasteiger charge is 2.17. The monoisotopic (exact) mass is 236 g/mol. The average molecular weight is 236 g/mol. The van der Waals surface area contributed by atoms with Crippen LogP contribution >= 0.6 is 0 Å². The average Bonchev–Trinajstić information content (AvgIpc) is 2.36. The molecule has 0 heterocycles. The summed E-state index contributed by atoms with van der Waals surface area (Å²) in [6, 6.07) is 6.44. The Balaban J connectivity index is 2.68. The fraction of sp³-hybridized carbons (Fsp3) is 0.417. The molecule has 0 fully saturated rings. The zero-order chi connectivity index (χ0) is 12.7. The van der Waals surface area contributed by atoms with E-state index in [4.69, 9.17) is 0 Å². The molecule has 0 aliphatic rings. The van der Waals surface area contributed by atoms with Crippen molar-refractivity contribution in [2.24, 2.45) is 4.99 Å². The molecule has 0 amide bonds. The number of hydrogen-bond acceptors (Lipinski definition) is 5. The van der Waals surface area contributed by atoms with Crippen LogP contribution in [-0.4, -0.2) is 36.0 Å². The SMILES string of the molecule is CNCCC(O)C(O)c1ccc(N=C=O)cc1. The number of aliphatic hydroxyl groups is 2. The third kappa shape index (κ3) is 4.09. The van der Waals surface area contributed by atoms with Crippen LogP contribution in [0.5, 0.6) is 0 Å². The quantitative estimate of drug-likeness (QED) is 0.500. The Morgan fingerprint density at radius 1 is 1.35 bits per heavy atom. The Morgan fingerprint density at radius 2 is 2.00 bits per heavy atom. The molecule has 2 atom stereocenters. The normalized spacial score (nSPS) is 13.8. The van der Waals surface area contributed by atoms with Crippen LogP contribution in [0.4, 0.5) is 5.69 Å². The first-order valence-electron chi connectivity index (χ1n) is 5.37. The standard InChI is InChI=1S/C12H16N2O3/c1-13-7-6-11(16)12(17)9-2-4-10(5-3-9)14-8-15/h2-5,11-13,16-17H,6-7H2,1H3. The minimum Gasteiger partial charge on any atom is -0.390 e. The van der Waals surface area contributed by atoms with Gasteiger partial charge in [-0.2, -0.15) is 4.99 Å². The third-order valence-electron chi connectivity index (χ3n) is 2.46. The molecule has 0 aliphatic carbocycles. The number of aliphatic imine (C=N–C) groups is 1. The number of carbonyl (C=O) groups excluding carboxylic acids is 1. The number of nitrogens with one attached hydrogen (secondary N) is 1. The molecule has 5 heteroatoms. The molecule has 0 bridgehead atoms. The van der Waals surface area contributed by atoms with Crippen LogP contribution in [0.1, 0.15) is 18.1 Å². The first-order valence-corrected chi connectivity index (χ1v) is 5.37. The zero-order valence-electron chi connectivity index (χ0n) is 9.63. The summed E-state index contributed by atoms with van der Waals surface area (Å²) in [7, 11) is 1.78. The molecule has 0 aliphatic heterocycles. The van der Waals surface area contributed by atoms with Gasteiger partial charge in [0.1, 0.15) is 6.10 Å². The summed E-state index contributed by atoms with van der Waals surface area (Å²) in [5, 5.41) is 22.5. The lowest BCUT2D eigenvalue weighted by Crippen LogP contribution is -2.23. The predicted molar refractivity (Wildman–Crippen MR) is 63.7 cm³/mol. The van der Waals surface area contributed by atoms with Crippen molar-refractivity contribution in [2.45, 2.75) is 18.6 Å². The number of nitrogens with zero attached hydrogens (tertiary/aromatic N) is 1. The van der Waals surface area contributed by atoms with Crippen LogP contribution in [-0.2, 0) is 4.79 Å². The van der Waals surface area contributed by atoms with Gasteiger partial charge in [0.2, 0.25) is 6.08 Å². The first kappa shape index (κ1) is 13.5. The number of hydrogen-bond donors (Lipinski definition) is 3. The topological polar surface area (TPSA) is 81.9 Å². The van der Waals surface area contributed by atoms with Gasteiger partial charge in [0.15, 0.2) is 0 Å². The van der Waals surface area contributed by atoms with Crippen molar-refractivity contribution in [3.8, 4) is 0 Å². The molecule has 0 radical (unpaired) electrons. The summed E-state index contributed by atoms with van der Waals surface area (Å²) < 4.78 is 0. The summed E-state index contributed by atoms with van der Waals surface area (Å²) >= 11 is 0. The number of rotatable bonds is 6. The van der Waals surface area contributed by atoms with E-state index < -0.39 is 12.2 Å². The summed E-state index contributed by atoms with van der Waals surface area (Å²) in [4.78, 5) is 13.5. The van der Waals surface area contributed by atoms with Crippen LogP contribution in [0.3, 0.4) is 0 Å². The van der Waals surface area contributed by atoms with E-state index in [0.717, 1.165) is 0 Å². The Morgan fingerprint density at radius 3 is 2.53 bits per heavy atom. The Kier molecular flexibility index (Phi) is 5.52. The van der Waals surface area contributed by atoms with E-state index in [-0.39, 0.29) is 0 Å². The van der Waals surface area contributed by atoms with Crippen LogP contribution in [0.15, 0.2) is 29.3 Å². The number of aliphatic hydroxyl groups excluding tert-OH is 2. The molecule has 0 saturated carbocycles. The molecule has 1 aromatic rings. The van der Waals surface area contributed by atoms with Crippen molar-refractivity contribution >= 4 is 11.8 Å². The van der Waals surface area contributed by atoms with Gasteiger partial charge in [-0.15, -0.1) is 0 Å². The van der Waals surface area contributed by atoms with E-state index in [1.807, 2.05) is 0 Å². The largest absolute Gasteiger partial charge is 0.390 e. The van der Waals surface area contributed by atoms with Crippen LogP contribution in [0.25, 0.3) is 0 Å². The van der Waals surface area contributed by atoms with Gasteiger partial charge < -0.3 is 15.5 Å². The second-order valence-electron chi connectivity index (χ2n) is 3.70. The van der Waals surface area contributed by atoms with E-state index in [0.29, 0.717) is 24.2 Å². The molecular formula is C12H16N2O3. The maximum absolute atomic E-state index is 10.0. The molecular weight excluding hydrogens is 220 g/mol. The van der Waals surface area contributed by atoms with Gasteiger partial charge in [-0.1, -0.05) is 12.1 Å². The molecule has 3 N–H and O–H groups in total. The van der Waals surface area contributed by atoms with Gasteiger partial charge in [0.25, 0.3) is 0 Å². The minimum atomic E-state index is -0.933. The highest BCUT2D eigenvalue weighted by molar-refractivity contribution is 5.49. The molecule has 92 valence electrons. The summed E-state index contributed by atoms with van der Waals surface area (Å²) in [5.74, 6) is 0. The van der Waals surface area contributed by atoms with Crippen molar-refractivity contribution in [1.82, 2.24) is 5.32 Å². The fourth-order valence-electron chi connectivity index (χ4n) is 1.47.